The van der Waals surface area contributed by atoms with E-state index in [0.717, 1.165) is 44.4 Å². The number of thiophene rings is 1. The molecule has 1 N–H and O–H groups in total. The SMILES string of the molecule is CN=C(NCC(c1cccc(OC)c1)N(C)C)N1CCN(c2cccs2)CC1. The fraction of sp³-hybridized carbons (Fsp3) is 0.476. The van der Waals surface area contributed by atoms with E-state index >= 15 is 0 Å². The first-order chi connectivity index (χ1) is 13.6. The molecule has 3 rings (SSSR count). The van der Waals surface area contributed by atoms with E-state index in [9.17, 15) is 0 Å². The van der Waals surface area contributed by atoms with E-state index in [1.54, 1.807) is 7.11 Å². The summed E-state index contributed by atoms with van der Waals surface area (Å²) in [6.45, 7) is 4.78. The summed E-state index contributed by atoms with van der Waals surface area (Å²) in [6.07, 6.45) is 0. The van der Waals surface area contributed by atoms with Crippen LogP contribution in [0.15, 0.2) is 46.8 Å². The second-order valence-electron chi connectivity index (χ2n) is 7.11. The number of guanidine groups is 1. The van der Waals surface area contributed by atoms with Crippen molar-refractivity contribution in [1.29, 1.82) is 0 Å². The number of benzene rings is 1. The van der Waals surface area contributed by atoms with Crippen molar-refractivity contribution in [3.63, 3.8) is 0 Å². The highest BCUT2D eigenvalue weighted by molar-refractivity contribution is 7.14. The summed E-state index contributed by atoms with van der Waals surface area (Å²) in [5, 5.41) is 7.08. The smallest absolute Gasteiger partial charge is 0.193 e. The topological polar surface area (TPSA) is 43.3 Å². The van der Waals surface area contributed by atoms with E-state index in [-0.39, 0.29) is 6.04 Å². The van der Waals surface area contributed by atoms with Gasteiger partial charge in [0.25, 0.3) is 0 Å². The van der Waals surface area contributed by atoms with Gasteiger partial charge in [-0.25, -0.2) is 0 Å². The summed E-state index contributed by atoms with van der Waals surface area (Å²) < 4.78 is 5.39. The lowest BCUT2D eigenvalue weighted by Gasteiger charge is -2.37. The number of nitrogens with zero attached hydrogens (tertiary/aromatic N) is 4. The average Bonchev–Trinajstić information content (AvgIpc) is 3.26. The van der Waals surface area contributed by atoms with Crippen molar-refractivity contribution in [2.45, 2.75) is 6.04 Å². The maximum Gasteiger partial charge on any atom is 0.193 e. The molecule has 1 aromatic heterocycles. The minimum Gasteiger partial charge on any atom is -0.497 e. The summed E-state index contributed by atoms with van der Waals surface area (Å²) in [6, 6.07) is 12.8. The molecule has 152 valence electrons. The number of aliphatic imine (C=N–C) groups is 1. The van der Waals surface area contributed by atoms with Crippen LogP contribution in [0, 0.1) is 0 Å². The van der Waals surface area contributed by atoms with Gasteiger partial charge >= 0.3 is 0 Å². The Labute approximate surface area is 172 Å². The molecule has 2 heterocycles. The average molecular weight is 402 g/mol. The third-order valence-corrected chi connectivity index (χ3v) is 6.09. The fourth-order valence-electron chi connectivity index (χ4n) is 3.56. The van der Waals surface area contributed by atoms with Gasteiger partial charge in [-0.05, 0) is 49.3 Å². The molecule has 0 saturated carbocycles. The van der Waals surface area contributed by atoms with Crippen molar-refractivity contribution in [3.05, 3.63) is 47.3 Å². The minimum atomic E-state index is 0.235. The third kappa shape index (κ3) is 4.97. The highest BCUT2D eigenvalue weighted by Crippen LogP contribution is 2.23. The van der Waals surface area contributed by atoms with E-state index in [0.29, 0.717) is 0 Å². The largest absolute Gasteiger partial charge is 0.497 e. The van der Waals surface area contributed by atoms with Crippen molar-refractivity contribution in [1.82, 2.24) is 15.1 Å². The zero-order chi connectivity index (χ0) is 19.9. The molecule has 0 aliphatic carbocycles. The van der Waals surface area contributed by atoms with Gasteiger partial charge in [0.2, 0.25) is 0 Å². The zero-order valence-electron chi connectivity index (χ0n) is 17.3. The normalized spacial score (nSPS) is 16.4. The quantitative estimate of drug-likeness (QED) is 0.596. The van der Waals surface area contributed by atoms with Crippen LogP contribution >= 0.6 is 11.3 Å². The number of anilines is 1. The van der Waals surface area contributed by atoms with E-state index in [1.165, 1.54) is 10.6 Å². The van der Waals surface area contributed by atoms with Crippen LogP contribution < -0.4 is 15.0 Å². The predicted octanol–water partition coefficient (Wildman–Crippen LogP) is 2.76. The maximum absolute atomic E-state index is 5.39. The fourth-order valence-corrected chi connectivity index (χ4v) is 4.34. The number of hydrogen-bond donors (Lipinski definition) is 1. The number of nitrogens with one attached hydrogen (secondary N) is 1. The van der Waals surface area contributed by atoms with Crippen LogP contribution in [0.25, 0.3) is 0 Å². The lowest BCUT2D eigenvalue weighted by molar-refractivity contribution is 0.291. The Kier molecular flexibility index (Phi) is 7.17. The van der Waals surface area contributed by atoms with Gasteiger partial charge in [0.1, 0.15) is 5.75 Å². The number of ether oxygens (including phenoxy) is 1. The number of hydrogen-bond acceptors (Lipinski definition) is 5. The Bertz CT molecular complexity index is 754. The lowest BCUT2D eigenvalue weighted by Crippen LogP contribution is -2.53. The summed E-state index contributed by atoms with van der Waals surface area (Å²) in [5.41, 5.74) is 1.23. The van der Waals surface area contributed by atoms with Crippen LogP contribution in [0.1, 0.15) is 11.6 Å². The number of rotatable bonds is 6. The van der Waals surface area contributed by atoms with Crippen LogP contribution in [0.2, 0.25) is 0 Å². The molecular formula is C21H31N5OS. The van der Waals surface area contributed by atoms with Crippen LogP contribution in [0.3, 0.4) is 0 Å². The standard InChI is InChI=1S/C21H31N5OS/c1-22-21(26-12-10-25(11-13-26)20-9-6-14-28-20)23-16-19(24(2)3)17-7-5-8-18(15-17)27-4/h5-9,14-15,19H,10-13,16H2,1-4H3,(H,22,23). The van der Waals surface area contributed by atoms with Gasteiger partial charge in [0.15, 0.2) is 5.96 Å². The van der Waals surface area contributed by atoms with Gasteiger partial charge in [0.05, 0.1) is 18.2 Å². The summed E-state index contributed by atoms with van der Waals surface area (Å²) in [4.78, 5) is 11.6. The molecule has 1 saturated heterocycles. The molecule has 6 nitrogen and oxygen atoms in total. The molecular weight excluding hydrogens is 370 g/mol. The van der Waals surface area contributed by atoms with Crippen LogP contribution in [0.5, 0.6) is 5.75 Å². The molecule has 1 aliphatic rings. The van der Waals surface area contributed by atoms with Gasteiger partial charge < -0.3 is 24.8 Å². The van der Waals surface area contributed by atoms with Gasteiger partial charge in [0, 0.05) is 39.8 Å². The summed E-state index contributed by atoms with van der Waals surface area (Å²) in [5.74, 6) is 1.86. The molecule has 28 heavy (non-hydrogen) atoms. The van der Waals surface area contributed by atoms with Gasteiger partial charge in [-0.15, -0.1) is 11.3 Å². The molecule has 0 amide bonds. The second-order valence-corrected chi connectivity index (χ2v) is 8.04. The van der Waals surface area contributed by atoms with Crippen molar-refractivity contribution in [2.24, 2.45) is 4.99 Å². The van der Waals surface area contributed by atoms with Gasteiger partial charge in [-0.1, -0.05) is 12.1 Å². The highest BCUT2D eigenvalue weighted by atomic mass is 32.1. The van der Waals surface area contributed by atoms with Crippen molar-refractivity contribution in [2.75, 3.05) is 65.9 Å². The molecule has 0 bridgehead atoms. The van der Waals surface area contributed by atoms with Crippen molar-refractivity contribution >= 4 is 22.3 Å². The molecule has 1 aliphatic heterocycles. The van der Waals surface area contributed by atoms with Crippen molar-refractivity contribution < 1.29 is 4.74 Å². The summed E-state index contributed by atoms with van der Waals surface area (Å²) in [7, 11) is 7.78. The molecule has 1 unspecified atom stereocenters. The zero-order valence-corrected chi connectivity index (χ0v) is 18.1. The molecule has 2 aromatic rings. The van der Waals surface area contributed by atoms with Crippen LogP contribution in [-0.2, 0) is 0 Å². The molecule has 1 fully saturated rings. The third-order valence-electron chi connectivity index (χ3n) is 5.16. The van der Waals surface area contributed by atoms with Crippen LogP contribution in [0.4, 0.5) is 5.00 Å². The lowest BCUT2D eigenvalue weighted by atomic mass is 10.1. The Morgan fingerprint density at radius 2 is 2.00 bits per heavy atom. The first-order valence-electron chi connectivity index (χ1n) is 9.66. The number of piperazine rings is 1. The van der Waals surface area contributed by atoms with E-state index in [2.05, 4.69) is 68.7 Å². The predicted molar refractivity (Wildman–Crippen MR) is 119 cm³/mol. The molecule has 1 aromatic carbocycles. The molecule has 0 spiro atoms. The van der Waals surface area contributed by atoms with Gasteiger partial charge in [-0.3, -0.25) is 4.99 Å². The minimum absolute atomic E-state index is 0.235. The maximum atomic E-state index is 5.39. The van der Waals surface area contributed by atoms with Gasteiger partial charge in [-0.2, -0.15) is 0 Å². The van der Waals surface area contributed by atoms with E-state index < -0.39 is 0 Å². The molecule has 1 atom stereocenters. The van der Waals surface area contributed by atoms with E-state index in [1.807, 2.05) is 30.5 Å². The van der Waals surface area contributed by atoms with Crippen LogP contribution in [-0.4, -0.2) is 76.7 Å². The first kappa shape index (κ1) is 20.5. The second kappa shape index (κ2) is 9.80. The highest BCUT2D eigenvalue weighted by Gasteiger charge is 2.22. The Morgan fingerprint density at radius 3 is 2.61 bits per heavy atom. The Morgan fingerprint density at radius 1 is 1.21 bits per heavy atom. The first-order valence-corrected chi connectivity index (χ1v) is 10.5. The Hall–Kier alpha value is -2.25. The molecule has 7 heteroatoms. The monoisotopic (exact) mass is 401 g/mol. The number of likely N-dealkylation sites (N-methyl/N-ethyl adjacent to an activating group) is 1. The molecule has 0 radical (unpaired) electrons. The van der Waals surface area contributed by atoms with E-state index in [4.69, 9.17) is 4.74 Å². The number of methoxy groups -OCH3 is 1. The summed E-state index contributed by atoms with van der Waals surface area (Å²) >= 11 is 1.81. The Balaban J connectivity index is 1.59. The van der Waals surface area contributed by atoms with Crippen molar-refractivity contribution in [3.8, 4) is 5.75 Å².